The van der Waals surface area contributed by atoms with E-state index in [-0.39, 0.29) is 24.0 Å². The molecule has 1 aromatic heterocycles. The highest BCUT2D eigenvalue weighted by atomic mass is 19.4. The van der Waals surface area contributed by atoms with Crippen LogP contribution in [0.15, 0.2) is 18.3 Å². The van der Waals surface area contributed by atoms with E-state index >= 15 is 0 Å². The maximum Gasteiger partial charge on any atom is 0.417 e. The highest BCUT2D eigenvalue weighted by Crippen LogP contribution is 2.55. The zero-order valence-corrected chi connectivity index (χ0v) is 18.9. The van der Waals surface area contributed by atoms with Crippen LogP contribution in [-0.2, 0) is 11.0 Å². The third-order valence-corrected chi connectivity index (χ3v) is 8.11. The fraction of sp³-hybridized carbons (Fsp3) is 0.696. The Morgan fingerprint density at radius 3 is 2.32 bits per heavy atom. The first kappa shape index (κ1) is 23.2. The van der Waals surface area contributed by atoms with Crippen LogP contribution in [0.2, 0.25) is 0 Å². The summed E-state index contributed by atoms with van der Waals surface area (Å²) in [5, 5.41) is 15.3. The highest BCUT2D eigenvalue weighted by Gasteiger charge is 2.56. The number of carbonyl (C=O) groups excluding carboxylic acids is 1. The number of nitrogens with zero attached hydrogens (tertiary/aromatic N) is 3. The molecule has 11 heteroatoms. The second kappa shape index (κ2) is 8.58. The van der Waals surface area contributed by atoms with Crippen molar-refractivity contribution in [1.29, 1.82) is 0 Å². The summed E-state index contributed by atoms with van der Waals surface area (Å²) in [6.07, 6.45) is 0.0653. The SMILES string of the molecule is O=C(O)NC12CC3CC(C1)C(NC(=O)CN1CCN(c4ccc(C(F)(F)F)cn4)CC1)C(C3)C2. The molecular formula is C23H30F3N5O3. The van der Waals surface area contributed by atoms with E-state index in [4.69, 9.17) is 0 Å². The van der Waals surface area contributed by atoms with Crippen LogP contribution in [0.25, 0.3) is 0 Å². The third-order valence-electron chi connectivity index (χ3n) is 8.11. The second-order valence-corrected chi connectivity index (χ2v) is 10.4. The predicted molar refractivity (Wildman–Crippen MR) is 117 cm³/mol. The van der Waals surface area contributed by atoms with Gasteiger partial charge in [0.15, 0.2) is 0 Å². The summed E-state index contributed by atoms with van der Waals surface area (Å²) in [6.45, 7) is 2.71. The molecule has 3 N–H and O–H groups in total. The van der Waals surface area contributed by atoms with E-state index in [0.29, 0.717) is 49.8 Å². The summed E-state index contributed by atoms with van der Waals surface area (Å²) >= 11 is 0. The zero-order valence-electron chi connectivity index (χ0n) is 18.9. The molecule has 6 rings (SSSR count). The predicted octanol–water partition coefficient (Wildman–Crippen LogP) is 2.55. The van der Waals surface area contributed by atoms with Gasteiger partial charge >= 0.3 is 12.3 Å². The number of halogens is 3. The maximum atomic E-state index is 12.8. The fourth-order valence-electron chi connectivity index (χ4n) is 6.95. The number of anilines is 1. The van der Waals surface area contributed by atoms with E-state index in [1.54, 1.807) is 0 Å². The minimum atomic E-state index is -4.40. The van der Waals surface area contributed by atoms with Crippen molar-refractivity contribution >= 4 is 17.8 Å². The lowest BCUT2D eigenvalue weighted by molar-refractivity contribution is -0.137. The molecule has 8 nitrogen and oxygen atoms in total. The smallest absolute Gasteiger partial charge is 0.417 e. The average Bonchev–Trinajstić information content (AvgIpc) is 2.75. The molecule has 0 aromatic carbocycles. The Morgan fingerprint density at radius 1 is 1.09 bits per heavy atom. The monoisotopic (exact) mass is 481 g/mol. The van der Waals surface area contributed by atoms with Gasteiger partial charge in [-0.15, -0.1) is 0 Å². The number of alkyl halides is 3. The van der Waals surface area contributed by atoms with Crippen LogP contribution in [0.3, 0.4) is 0 Å². The molecule has 1 saturated heterocycles. The van der Waals surface area contributed by atoms with Crippen molar-refractivity contribution in [1.82, 2.24) is 20.5 Å². The van der Waals surface area contributed by atoms with Crippen LogP contribution in [0.1, 0.15) is 37.7 Å². The first-order valence-electron chi connectivity index (χ1n) is 11.9. The normalized spacial score (nSPS) is 33.1. The molecule has 4 saturated carbocycles. The van der Waals surface area contributed by atoms with Gasteiger partial charge in [-0.05, 0) is 62.0 Å². The molecule has 1 aliphatic heterocycles. The molecule has 1 aromatic rings. The standard InChI is InChI=1S/C23H30F3N5O3/c24-23(25,26)17-1-2-18(27-12-17)31-5-3-30(4-6-31)13-19(32)28-20-15-7-14-8-16(20)11-22(9-14,10-15)29-21(33)34/h1-2,12,14-16,20,29H,3-11,13H2,(H,28,32)(H,33,34). The van der Waals surface area contributed by atoms with E-state index in [9.17, 15) is 27.9 Å². The Labute approximate surface area is 195 Å². The Hall–Kier alpha value is -2.56. The number of carbonyl (C=O) groups is 2. The fourth-order valence-corrected chi connectivity index (χ4v) is 6.95. The summed E-state index contributed by atoms with van der Waals surface area (Å²) in [4.78, 5) is 32.1. The van der Waals surface area contributed by atoms with Crippen molar-refractivity contribution < 1.29 is 27.9 Å². The van der Waals surface area contributed by atoms with Gasteiger partial charge in [0.1, 0.15) is 5.82 Å². The Bertz CT molecular complexity index is 917. The molecule has 4 bridgehead atoms. The molecule has 186 valence electrons. The molecule has 2 amide bonds. The summed E-state index contributed by atoms with van der Waals surface area (Å²) in [7, 11) is 0. The van der Waals surface area contributed by atoms with Crippen LogP contribution < -0.4 is 15.5 Å². The van der Waals surface area contributed by atoms with E-state index in [2.05, 4.69) is 20.5 Å². The van der Waals surface area contributed by atoms with Crippen molar-refractivity contribution in [3.8, 4) is 0 Å². The first-order valence-corrected chi connectivity index (χ1v) is 11.9. The topological polar surface area (TPSA) is 97.8 Å². The second-order valence-electron chi connectivity index (χ2n) is 10.4. The molecule has 0 radical (unpaired) electrons. The number of hydrogen-bond donors (Lipinski definition) is 3. The Morgan fingerprint density at radius 2 is 1.76 bits per heavy atom. The molecule has 5 fully saturated rings. The van der Waals surface area contributed by atoms with Crippen molar-refractivity contribution in [2.75, 3.05) is 37.6 Å². The van der Waals surface area contributed by atoms with Crippen molar-refractivity contribution in [3.63, 3.8) is 0 Å². The van der Waals surface area contributed by atoms with Crippen LogP contribution >= 0.6 is 0 Å². The van der Waals surface area contributed by atoms with Crippen molar-refractivity contribution in [2.45, 2.75) is 49.9 Å². The lowest BCUT2D eigenvalue weighted by Gasteiger charge is -2.59. The molecular weight excluding hydrogens is 451 g/mol. The number of piperazine rings is 1. The number of carboxylic acid groups (broad SMARTS) is 1. The minimum absolute atomic E-state index is 0.0150. The number of pyridine rings is 1. The van der Waals surface area contributed by atoms with Crippen LogP contribution in [0, 0.1) is 17.8 Å². The molecule has 2 heterocycles. The lowest BCUT2D eigenvalue weighted by Crippen LogP contribution is -2.67. The highest BCUT2D eigenvalue weighted by molar-refractivity contribution is 5.78. The Balaban J connectivity index is 1.11. The molecule has 2 unspecified atom stereocenters. The van der Waals surface area contributed by atoms with Gasteiger partial charge in [0.2, 0.25) is 5.91 Å². The van der Waals surface area contributed by atoms with Crippen molar-refractivity contribution in [2.24, 2.45) is 17.8 Å². The summed E-state index contributed by atoms with van der Waals surface area (Å²) in [5.74, 6) is 1.65. The molecule has 0 spiro atoms. The van der Waals surface area contributed by atoms with E-state index in [1.807, 2.05) is 4.90 Å². The van der Waals surface area contributed by atoms with Crippen LogP contribution in [-0.4, -0.2) is 71.3 Å². The number of amides is 2. The Kier molecular flexibility index (Phi) is 5.86. The number of hydrogen-bond acceptors (Lipinski definition) is 5. The summed E-state index contributed by atoms with van der Waals surface area (Å²) in [5.41, 5.74) is -1.09. The number of aromatic nitrogens is 1. The summed E-state index contributed by atoms with van der Waals surface area (Å²) in [6, 6.07) is 2.54. The van der Waals surface area contributed by atoms with Gasteiger partial charge in [-0.2, -0.15) is 13.2 Å². The molecule has 2 atom stereocenters. The summed E-state index contributed by atoms with van der Waals surface area (Å²) < 4.78 is 38.2. The van der Waals surface area contributed by atoms with E-state index in [1.165, 1.54) is 6.07 Å². The average molecular weight is 482 g/mol. The van der Waals surface area contributed by atoms with Gasteiger partial charge in [0.05, 0.1) is 12.1 Å². The van der Waals surface area contributed by atoms with Crippen LogP contribution in [0.5, 0.6) is 0 Å². The van der Waals surface area contributed by atoms with Gasteiger partial charge in [0.25, 0.3) is 0 Å². The van der Waals surface area contributed by atoms with Gasteiger partial charge in [-0.3, -0.25) is 9.69 Å². The lowest BCUT2D eigenvalue weighted by atomic mass is 9.51. The number of rotatable bonds is 5. The van der Waals surface area contributed by atoms with Crippen LogP contribution in [0.4, 0.5) is 23.8 Å². The van der Waals surface area contributed by atoms with Gasteiger partial charge in [0, 0.05) is 44.0 Å². The van der Waals surface area contributed by atoms with E-state index < -0.39 is 17.8 Å². The molecule has 34 heavy (non-hydrogen) atoms. The number of nitrogens with one attached hydrogen (secondary N) is 2. The van der Waals surface area contributed by atoms with Gasteiger partial charge < -0.3 is 20.6 Å². The van der Waals surface area contributed by atoms with E-state index in [0.717, 1.165) is 44.4 Å². The zero-order chi connectivity index (χ0) is 24.1. The van der Waals surface area contributed by atoms with Gasteiger partial charge in [-0.25, -0.2) is 9.78 Å². The van der Waals surface area contributed by atoms with Crippen molar-refractivity contribution in [3.05, 3.63) is 23.9 Å². The first-order chi connectivity index (χ1) is 16.1. The molecule has 4 aliphatic carbocycles. The maximum absolute atomic E-state index is 12.8. The third kappa shape index (κ3) is 4.67. The van der Waals surface area contributed by atoms with Gasteiger partial charge in [-0.1, -0.05) is 0 Å². The quantitative estimate of drug-likeness (QED) is 0.598. The largest absolute Gasteiger partial charge is 0.465 e. The minimum Gasteiger partial charge on any atom is -0.465 e. The molecule has 5 aliphatic rings.